The highest BCUT2D eigenvalue weighted by atomic mass is 32.2. The maximum Gasteiger partial charge on any atom is 0.225 e. The molecule has 4 heteroatoms. The number of carbonyl (C=O) groups is 1. The second-order valence-corrected chi connectivity index (χ2v) is 5.36. The molecule has 0 bridgehead atoms. The smallest absolute Gasteiger partial charge is 0.225 e. The molecule has 0 fully saturated rings. The Morgan fingerprint density at radius 1 is 1.10 bits per heavy atom. The van der Waals surface area contributed by atoms with Gasteiger partial charge >= 0.3 is 0 Å². The number of benzene rings is 2. The lowest BCUT2D eigenvalue weighted by molar-refractivity contribution is -0.115. The lowest BCUT2D eigenvalue weighted by atomic mass is 10.3. The molecule has 0 aliphatic rings. The van der Waals surface area contributed by atoms with Crippen molar-refractivity contribution in [2.75, 3.05) is 18.2 Å². The Balaban J connectivity index is 1.73. The van der Waals surface area contributed by atoms with Gasteiger partial charge in [0.25, 0.3) is 0 Å². The van der Waals surface area contributed by atoms with Gasteiger partial charge in [0.1, 0.15) is 5.75 Å². The molecule has 0 spiro atoms. The highest BCUT2D eigenvalue weighted by molar-refractivity contribution is 7.99. The number of hydrogen-bond acceptors (Lipinski definition) is 3. The van der Waals surface area contributed by atoms with Crippen molar-refractivity contribution in [1.82, 2.24) is 0 Å². The van der Waals surface area contributed by atoms with E-state index in [0.29, 0.717) is 6.42 Å². The van der Waals surface area contributed by atoms with E-state index in [1.165, 1.54) is 0 Å². The second kappa shape index (κ2) is 7.60. The van der Waals surface area contributed by atoms with Gasteiger partial charge in [0.2, 0.25) is 5.91 Å². The summed E-state index contributed by atoms with van der Waals surface area (Å²) in [5, 5.41) is 2.87. The van der Waals surface area contributed by atoms with Gasteiger partial charge in [-0.2, -0.15) is 0 Å². The van der Waals surface area contributed by atoms with Crippen molar-refractivity contribution in [3.05, 3.63) is 54.6 Å². The number of methoxy groups -OCH3 is 1. The number of nitrogens with one attached hydrogen (secondary N) is 1. The first-order valence-electron chi connectivity index (χ1n) is 6.39. The van der Waals surface area contributed by atoms with Gasteiger partial charge in [0.05, 0.1) is 7.11 Å². The van der Waals surface area contributed by atoms with Crippen LogP contribution in [0.25, 0.3) is 0 Å². The molecule has 0 saturated heterocycles. The number of para-hydroxylation sites is 1. The fourth-order valence-corrected chi connectivity index (χ4v) is 2.53. The number of thioether (sulfide) groups is 1. The predicted octanol–water partition coefficient (Wildman–Crippen LogP) is 3.82. The largest absolute Gasteiger partial charge is 0.497 e. The van der Waals surface area contributed by atoms with Crippen LogP contribution in [0.4, 0.5) is 5.69 Å². The van der Waals surface area contributed by atoms with E-state index < -0.39 is 0 Å². The van der Waals surface area contributed by atoms with E-state index in [0.717, 1.165) is 22.1 Å². The normalized spacial score (nSPS) is 10.1. The highest BCUT2D eigenvalue weighted by Gasteiger charge is 2.02. The topological polar surface area (TPSA) is 38.3 Å². The van der Waals surface area contributed by atoms with E-state index in [4.69, 9.17) is 4.74 Å². The van der Waals surface area contributed by atoms with Crippen LogP contribution in [-0.4, -0.2) is 18.8 Å². The van der Waals surface area contributed by atoms with Crippen LogP contribution in [0.5, 0.6) is 5.75 Å². The van der Waals surface area contributed by atoms with Gasteiger partial charge in [-0.1, -0.05) is 18.2 Å². The van der Waals surface area contributed by atoms with Crippen molar-refractivity contribution < 1.29 is 9.53 Å². The molecule has 20 heavy (non-hydrogen) atoms. The maximum atomic E-state index is 11.8. The molecule has 0 saturated carbocycles. The molecular formula is C16H17NO2S. The van der Waals surface area contributed by atoms with Crippen LogP contribution in [0.15, 0.2) is 59.5 Å². The van der Waals surface area contributed by atoms with Gasteiger partial charge in [-0.25, -0.2) is 0 Å². The van der Waals surface area contributed by atoms with Crippen LogP contribution >= 0.6 is 11.8 Å². The van der Waals surface area contributed by atoms with Gasteiger partial charge in [-0.15, -0.1) is 11.8 Å². The molecule has 0 atom stereocenters. The summed E-state index contributed by atoms with van der Waals surface area (Å²) in [6.45, 7) is 0. The van der Waals surface area contributed by atoms with Crippen molar-refractivity contribution in [2.24, 2.45) is 0 Å². The SMILES string of the molecule is COc1ccc(SCCC(=O)Nc2ccccc2)cc1. The molecule has 1 N–H and O–H groups in total. The van der Waals surface area contributed by atoms with E-state index >= 15 is 0 Å². The predicted molar refractivity (Wildman–Crippen MR) is 83.4 cm³/mol. The number of amides is 1. The molecule has 0 radical (unpaired) electrons. The molecule has 0 aliphatic carbocycles. The quantitative estimate of drug-likeness (QED) is 0.821. The fourth-order valence-electron chi connectivity index (χ4n) is 1.68. The lowest BCUT2D eigenvalue weighted by Crippen LogP contribution is -2.11. The van der Waals surface area contributed by atoms with Crippen LogP contribution in [0.2, 0.25) is 0 Å². The first kappa shape index (κ1) is 14.5. The van der Waals surface area contributed by atoms with Crippen molar-refractivity contribution in [2.45, 2.75) is 11.3 Å². The Bertz CT molecular complexity index is 540. The number of ether oxygens (including phenoxy) is 1. The Morgan fingerprint density at radius 2 is 1.80 bits per heavy atom. The number of rotatable bonds is 6. The van der Waals surface area contributed by atoms with E-state index in [9.17, 15) is 4.79 Å². The van der Waals surface area contributed by atoms with E-state index in [1.54, 1.807) is 18.9 Å². The Labute approximate surface area is 123 Å². The van der Waals surface area contributed by atoms with Crippen LogP contribution < -0.4 is 10.1 Å². The third-order valence-corrected chi connectivity index (χ3v) is 3.73. The Kier molecular flexibility index (Phi) is 5.50. The van der Waals surface area contributed by atoms with E-state index in [-0.39, 0.29) is 5.91 Å². The number of carbonyl (C=O) groups excluding carboxylic acids is 1. The first-order valence-corrected chi connectivity index (χ1v) is 7.38. The molecule has 2 aromatic carbocycles. The third-order valence-electron chi connectivity index (χ3n) is 2.71. The average molecular weight is 287 g/mol. The van der Waals surface area contributed by atoms with Crippen molar-refractivity contribution in [3.8, 4) is 5.75 Å². The number of hydrogen-bond donors (Lipinski definition) is 1. The van der Waals surface area contributed by atoms with E-state index in [1.807, 2.05) is 54.6 Å². The molecule has 0 aliphatic heterocycles. The maximum absolute atomic E-state index is 11.8. The lowest BCUT2D eigenvalue weighted by Gasteiger charge is -2.05. The van der Waals surface area contributed by atoms with Crippen LogP contribution in [-0.2, 0) is 4.79 Å². The van der Waals surface area contributed by atoms with Gasteiger partial charge in [0, 0.05) is 22.8 Å². The average Bonchev–Trinajstić information content (AvgIpc) is 2.49. The molecule has 0 aromatic heterocycles. The minimum Gasteiger partial charge on any atom is -0.497 e. The van der Waals surface area contributed by atoms with Crippen molar-refractivity contribution in [1.29, 1.82) is 0 Å². The summed E-state index contributed by atoms with van der Waals surface area (Å²) in [5.74, 6) is 1.64. The van der Waals surface area contributed by atoms with Crippen LogP contribution in [0.3, 0.4) is 0 Å². The van der Waals surface area contributed by atoms with Gasteiger partial charge in [-0.05, 0) is 36.4 Å². The molecule has 2 rings (SSSR count). The highest BCUT2D eigenvalue weighted by Crippen LogP contribution is 2.21. The molecule has 1 amide bonds. The van der Waals surface area contributed by atoms with Crippen LogP contribution in [0, 0.1) is 0 Å². The Hall–Kier alpha value is -1.94. The summed E-state index contributed by atoms with van der Waals surface area (Å²) in [6, 6.07) is 17.3. The minimum atomic E-state index is 0.0391. The molecule has 0 heterocycles. The zero-order chi connectivity index (χ0) is 14.2. The minimum absolute atomic E-state index is 0.0391. The zero-order valence-electron chi connectivity index (χ0n) is 11.3. The zero-order valence-corrected chi connectivity index (χ0v) is 12.2. The number of anilines is 1. The first-order chi connectivity index (χ1) is 9.78. The monoisotopic (exact) mass is 287 g/mol. The molecule has 104 valence electrons. The van der Waals surface area contributed by atoms with Crippen LogP contribution in [0.1, 0.15) is 6.42 Å². The van der Waals surface area contributed by atoms with Crippen molar-refractivity contribution >= 4 is 23.4 Å². The molecule has 3 nitrogen and oxygen atoms in total. The summed E-state index contributed by atoms with van der Waals surface area (Å²) < 4.78 is 5.10. The van der Waals surface area contributed by atoms with Gasteiger partial charge in [-0.3, -0.25) is 4.79 Å². The Morgan fingerprint density at radius 3 is 2.45 bits per heavy atom. The molecule has 2 aromatic rings. The fraction of sp³-hybridized carbons (Fsp3) is 0.188. The summed E-state index contributed by atoms with van der Waals surface area (Å²) in [6.07, 6.45) is 0.492. The summed E-state index contributed by atoms with van der Waals surface area (Å²) in [7, 11) is 1.65. The molecular weight excluding hydrogens is 270 g/mol. The van der Waals surface area contributed by atoms with Gasteiger partial charge < -0.3 is 10.1 Å². The van der Waals surface area contributed by atoms with Crippen molar-refractivity contribution in [3.63, 3.8) is 0 Å². The summed E-state index contributed by atoms with van der Waals surface area (Å²) in [5.41, 5.74) is 0.840. The standard InChI is InChI=1S/C16H17NO2S/c1-19-14-7-9-15(10-8-14)20-12-11-16(18)17-13-5-3-2-4-6-13/h2-10H,11-12H2,1H3,(H,17,18). The molecule has 0 unspecified atom stereocenters. The second-order valence-electron chi connectivity index (χ2n) is 4.19. The third kappa shape index (κ3) is 4.63. The summed E-state index contributed by atoms with van der Waals surface area (Å²) >= 11 is 1.66. The summed E-state index contributed by atoms with van der Waals surface area (Å²) in [4.78, 5) is 12.9. The van der Waals surface area contributed by atoms with E-state index in [2.05, 4.69) is 5.32 Å². The van der Waals surface area contributed by atoms with Gasteiger partial charge in [0.15, 0.2) is 0 Å².